The average Bonchev–Trinajstić information content (AvgIpc) is 1.35. The highest BCUT2D eigenvalue weighted by Gasteiger charge is 1.79. The largest absolute Gasteiger partial charge is 0.320 e. The van der Waals surface area contributed by atoms with Gasteiger partial charge in [0.2, 0.25) is 0 Å². The van der Waals surface area contributed by atoms with Crippen LogP contribution in [0.5, 0.6) is 0 Å². The molecule has 0 heterocycles. The zero-order valence-electron chi connectivity index (χ0n) is 3.60. The van der Waals surface area contributed by atoms with Crippen LogP contribution in [0.15, 0.2) is 0 Å². The van der Waals surface area contributed by atoms with E-state index in [4.69, 9.17) is 5.50 Å². The van der Waals surface area contributed by atoms with Crippen LogP contribution in [0.4, 0.5) is 0 Å². The summed E-state index contributed by atoms with van der Waals surface area (Å²) in [6.45, 7) is 2.18. The summed E-state index contributed by atoms with van der Waals surface area (Å²) in [5.41, 5.74) is 4.73. The van der Waals surface area contributed by atoms with Gasteiger partial charge in [-0.2, -0.15) is 0 Å². The molecule has 0 aliphatic carbocycles. The Kier molecular flexibility index (Phi) is 3.43. The van der Waals surface area contributed by atoms with Gasteiger partial charge in [0.15, 0.2) is 0 Å². The summed E-state index contributed by atoms with van der Waals surface area (Å²) >= 11 is 0. The molecule has 38 valence electrons. The smallest absolute Gasteiger partial charge is 0.255 e. The highest BCUT2D eigenvalue weighted by Crippen LogP contribution is 2.06. The molecule has 0 aliphatic heterocycles. The second-order valence-corrected chi connectivity index (χ2v) is 1.68. The summed E-state index contributed by atoms with van der Waals surface area (Å²) in [5, 5.41) is 0. The zero-order chi connectivity index (χ0) is 4.99. The Morgan fingerprint density at radius 2 is 2.50 bits per heavy atom. The first-order valence-corrected chi connectivity index (χ1v) is 3.09. The van der Waals surface area contributed by atoms with Crippen molar-refractivity contribution < 1.29 is 9.09 Å². The van der Waals surface area contributed by atoms with Crippen molar-refractivity contribution in [2.45, 2.75) is 6.92 Å². The molecule has 0 spiro atoms. The van der Waals surface area contributed by atoms with Crippen molar-refractivity contribution in [3.05, 3.63) is 0 Å². The van der Waals surface area contributed by atoms with E-state index in [0.29, 0.717) is 6.61 Å². The first kappa shape index (κ1) is 6.15. The number of nitrogens with two attached hydrogens (primary N) is 1. The summed E-state index contributed by atoms with van der Waals surface area (Å²) in [6.07, 6.45) is 0. The van der Waals surface area contributed by atoms with E-state index < -0.39 is 8.18 Å². The van der Waals surface area contributed by atoms with Crippen LogP contribution >= 0.6 is 8.18 Å². The molecule has 1 atom stereocenters. The lowest BCUT2D eigenvalue weighted by molar-refractivity contribution is 0.351. The van der Waals surface area contributed by atoms with Crippen LogP contribution in [-0.2, 0) is 9.09 Å². The van der Waals surface area contributed by atoms with Crippen LogP contribution in [0.3, 0.4) is 0 Å². The maximum absolute atomic E-state index is 9.78. The van der Waals surface area contributed by atoms with Gasteiger partial charge in [0.1, 0.15) is 0 Å². The molecule has 3 nitrogen and oxygen atoms in total. The van der Waals surface area contributed by atoms with Gasteiger partial charge in [0.25, 0.3) is 8.18 Å². The predicted octanol–water partition coefficient (Wildman–Crippen LogP) is 0.371. The Balaban J connectivity index is 2.83. The molecule has 2 N–H and O–H groups in total. The van der Waals surface area contributed by atoms with Gasteiger partial charge in [-0.3, -0.25) is 10.1 Å². The Bertz CT molecular complexity index is 55.5. The van der Waals surface area contributed by atoms with Gasteiger partial charge >= 0.3 is 0 Å². The predicted molar refractivity (Wildman–Crippen MR) is 24.8 cm³/mol. The fourth-order valence-corrected chi connectivity index (χ4v) is 0.427. The standard InChI is InChI=1S/C2H8NO2P/c1-2-5-6(3)4/h6H,2H2,1H3,(H2,3,4). The fourth-order valence-electron chi connectivity index (χ4n) is 0.142. The zero-order valence-corrected chi connectivity index (χ0v) is 4.60. The third-order valence-corrected chi connectivity index (χ3v) is 0.860. The van der Waals surface area contributed by atoms with E-state index in [2.05, 4.69) is 4.52 Å². The Labute approximate surface area is 37.4 Å². The molecular formula is C2H8NO2P. The van der Waals surface area contributed by atoms with Crippen LogP contribution in [0, 0.1) is 0 Å². The Morgan fingerprint density at radius 3 is 2.50 bits per heavy atom. The van der Waals surface area contributed by atoms with Gasteiger partial charge in [0.05, 0.1) is 6.61 Å². The molecule has 6 heavy (non-hydrogen) atoms. The third kappa shape index (κ3) is 4.15. The topological polar surface area (TPSA) is 52.3 Å². The number of hydrogen-bond donors (Lipinski definition) is 1. The van der Waals surface area contributed by atoms with Crippen LogP contribution in [-0.4, -0.2) is 6.61 Å². The van der Waals surface area contributed by atoms with Crippen molar-refractivity contribution in [1.29, 1.82) is 0 Å². The Morgan fingerprint density at radius 1 is 2.00 bits per heavy atom. The molecule has 0 fully saturated rings. The summed E-state index contributed by atoms with van der Waals surface area (Å²) in [4.78, 5) is 0. The molecule has 0 bridgehead atoms. The van der Waals surface area contributed by atoms with Crippen molar-refractivity contribution in [2.75, 3.05) is 6.61 Å². The molecule has 0 aromatic heterocycles. The second-order valence-electron chi connectivity index (χ2n) is 0.752. The minimum atomic E-state index is -2.14. The lowest BCUT2D eigenvalue weighted by Gasteiger charge is -1.88. The summed E-state index contributed by atoms with van der Waals surface area (Å²) in [7, 11) is -2.14. The minimum absolute atomic E-state index is 0.439. The van der Waals surface area contributed by atoms with E-state index >= 15 is 0 Å². The average molecular weight is 109 g/mol. The van der Waals surface area contributed by atoms with Gasteiger partial charge in [-0.05, 0) is 6.92 Å². The van der Waals surface area contributed by atoms with E-state index in [-0.39, 0.29) is 0 Å². The van der Waals surface area contributed by atoms with Gasteiger partial charge < -0.3 is 4.52 Å². The molecule has 1 unspecified atom stereocenters. The summed E-state index contributed by atoms with van der Waals surface area (Å²) in [5.74, 6) is 0. The van der Waals surface area contributed by atoms with Crippen molar-refractivity contribution in [1.82, 2.24) is 0 Å². The highest BCUT2D eigenvalue weighted by molar-refractivity contribution is 7.36. The molecule has 0 rings (SSSR count). The van der Waals surface area contributed by atoms with Crippen LogP contribution in [0.25, 0.3) is 0 Å². The van der Waals surface area contributed by atoms with Crippen molar-refractivity contribution in [3.8, 4) is 0 Å². The molecule has 4 heteroatoms. The quantitative estimate of drug-likeness (QED) is 0.521. The molecule has 0 saturated heterocycles. The van der Waals surface area contributed by atoms with Crippen LogP contribution < -0.4 is 5.50 Å². The van der Waals surface area contributed by atoms with Gasteiger partial charge in [0, 0.05) is 0 Å². The maximum atomic E-state index is 9.78. The fraction of sp³-hybridized carbons (Fsp3) is 1.00. The van der Waals surface area contributed by atoms with E-state index in [1.54, 1.807) is 6.92 Å². The van der Waals surface area contributed by atoms with E-state index in [1.165, 1.54) is 0 Å². The number of hydrogen-bond acceptors (Lipinski definition) is 2. The van der Waals surface area contributed by atoms with Crippen LogP contribution in [0.1, 0.15) is 6.92 Å². The SMILES string of the molecule is CCO[PH](N)=O. The van der Waals surface area contributed by atoms with Gasteiger partial charge in [-0.25, -0.2) is 0 Å². The van der Waals surface area contributed by atoms with E-state index in [0.717, 1.165) is 0 Å². The van der Waals surface area contributed by atoms with Gasteiger partial charge in [-0.1, -0.05) is 0 Å². The Hall–Kier alpha value is 0.150. The molecule has 0 aromatic carbocycles. The summed E-state index contributed by atoms with van der Waals surface area (Å²) in [6, 6.07) is 0. The second kappa shape index (κ2) is 3.34. The van der Waals surface area contributed by atoms with Crippen molar-refractivity contribution in [2.24, 2.45) is 5.50 Å². The molecular weight excluding hydrogens is 101 g/mol. The highest BCUT2D eigenvalue weighted by atomic mass is 31.1. The van der Waals surface area contributed by atoms with Crippen molar-refractivity contribution >= 4 is 8.18 Å². The molecule has 0 aliphatic rings. The maximum Gasteiger partial charge on any atom is 0.255 e. The molecule has 0 aromatic rings. The number of rotatable bonds is 2. The molecule has 0 saturated carbocycles. The monoisotopic (exact) mass is 109 g/mol. The van der Waals surface area contributed by atoms with E-state index in [9.17, 15) is 4.57 Å². The normalized spacial score (nSPS) is 14.3. The van der Waals surface area contributed by atoms with E-state index in [1.807, 2.05) is 0 Å². The molecule has 0 amide bonds. The first-order valence-electron chi connectivity index (χ1n) is 1.69. The first-order chi connectivity index (χ1) is 2.77. The third-order valence-electron chi connectivity index (χ3n) is 0.287. The lowest BCUT2D eigenvalue weighted by atomic mass is 10.9. The van der Waals surface area contributed by atoms with Crippen LogP contribution in [0.2, 0.25) is 0 Å². The minimum Gasteiger partial charge on any atom is -0.320 e. The lowest BCUT2D eigenvalue weighted by Crippen LogP contribution is -1.83. The van der Waals surface area contributed by atoms with Crippen molar-refractivity contribution in [3.63, 3.8) is 0 Å². The summed E-state index contributed by atoms with van der Waals surface area (Å²) < 4.78 is 14.2. The molecule has 0 radical (unpaired) electrons. The van der Waals surface area contributed by atoms with Gasteiger partial charge in [-0.15, -0.1) is 0 Å².